The van der Waals surface area contributed by atoms with Crippen LogP contribution in [0.5, 0.6) is 5.75 Å². The van der Waals surface area contributed by atoms with E-state index in [0.717, 1.165) is 10.2 Å². The zero-order chi connectivity index (χ0) is 12.5. The molecule has 0 heterocycles. The molecule has 0 fully saturated rings. The van der Waals surface area contributed by atoms with Gasteiger partial charge in [-0.25, -0.2) is 4.79 Å². The molecule has 17 heavy (non-hydrogen) atoms. The van der Waals surface area contributed by atoms with Crippen LogP contribution in [0.25, 0.3) is 0 Å². The minimum absolute atomic E-state index is 0.503. The first-order valence-electron chi connectivity index (χ1n) is 5.31. The van der Waals surface area contributed by atoms with Gasteiger partial charge in [0.2, 0.25) is 0 Å². The summed E-state index contributed by atoms with van der Waals surface area (Å²) in [6, 6.07) is 7.18. The zero-order valence-corrected chi connectivity index (χ0v) is 11.0. The molecule has 1 aromatic rings. The highest BCUT2D eigenvalue weighted by molar-refractivity contribution is 9.10. The molecule has 2 amide bonds. The minimum Gasteiger partial charge on any atom is -0.492 e. The maximum atomic E-state index is 10.4. The molecule has 1 aromatic carbocycles. The van der Waals surface area contributed by atoms with Crippen molar-refractivity contribution < 1.29 is 9.53 Å². The van der Waals surface area contributed by atoms with Gasteiger partial charge in [0.25, 0.3) is 0 Å². The highest BCUT2D eigenvalue weighted by Crippen LogP contribution is 2.17. The molecule has 5 nitrogen and oxygen atoms in total. The lowest BCUT2D eigenvalue weighted by molar-refractivity contribution is 0.249. The smallest absolute Gasteiger partial charge is 0.312 e. The molecule has 0 spiro atoms. The summed E-state index contributed by atoms with van der Waals surface area (Å²) in [5, 5.41) is 5.61. The maximum absolute atomic E-state index is 10.4. The molecule has 0 aliphatic heterocycles. The summed E-state index contributed by atoms with van der Waals surface area (Å²) in [7, 11) is 0. The summed E-state index contributed by atoms with van der Waals surface area (Å²) >= 11 is 3.37. The van der Waals surface area contributed by atoms with E-state index in [-0.39, 0.29) is 0 Å². The van der Waals surface area contributed by atoms with Crippen LogP contribution >= 0.6 is 15.9 Å². The number of urea groups is 1. The lowest BCUT2D eigenvalue weighted by Gasteiger charge is -2.07. The van der Waals surface area contributed by atoms with Crippen molar-refractivity contribution in [2.24, 2.45) is 5.73 Å². The second-order valence-electron chi connectivity index (χ2n) is 3.35. The number of benzene rings is 1. The van der Waals surface area contributed by atoms with Gasteiger partial charge >= 0.3 is 6.03 Å². The second-order valence-corrected chi connectivity index (χ2v) is 4.26. The van der Waals surface area contributed by atoms with Crippen LogP contribution in [0.3, 0.4) is 0 Å². The Hall–Kier alpha value is -1.27. The van der Waals surface area contributed by atoms with Gasteiger partial charge < -0.3 is 21.1 Å². The van der Waals surface area contributed by atoms with Crippen LogP contribution in [0, 0.1) is 0 Å². The number of carbonyl (C=O) groups excluding carboxylic acids is 1. The van der Waals surface area contributed by atoms with Crippen molar-refractivity contribution >= 4 is 22.0 Å². The summed E-state index contributed by atoms with van der Waals surface area (Å²) < 4.78 is 6.50. The normalized spacial score (nSPS) is 9.94. The molecule has 0 unspecified atom stereocenters. The summed E-state index contributed by atoms with van der Waals surface area (Å²) in [4.78, 5) is 10.4. The van der Waals surface area contributed by atoms with Crippen molar-refractivity contribution in [3.63, 3.8) is 0 Å². The summed E-state index contributed by atoms with van der Waals surface area (Å²) in [6.07, 6.45) is 0. The number of carbonyl (C=O) groups is 1. The van der Waals surface area contributed by atoms with Crippen LogP contribution in [-0.4, -0.2) is 32.3 Å². The number of amides is 2. The highest BCUT2D eigenvalue weighted by atomic mass is 79.9. The molecule has 0 atom stereocenters. The Bertz CT molecular complexity index is 360. The number of hydrogen-bond donors (Lipinski definition) is 3. The van der Waals surface area contributed by atoms with E-state index in [0.29, 0.717) is 26.2 Å². The summed E-state index contributed by atoms with van der Waals surface area (Å²) in [5.41, 5.74) is 4.92. The van der Waals surface area contributed by atoms with Gasteiger partial charge in [-0.05, 0) is 18.2 Å². The van der Waals surface area contributed by atoms with Gasteiger partial charge in [0.15, 0.2) is 0 Å². The number of primary amides is 1. The molecule has 0 aliphatic carbocycles. The maximum Gasteiger partial charge on any atom is 0.312 e. The fourth-order valence-electron chi connectivity index (χ4n) is 1.20. The molecule has 6 heteroatoms. The van der Waals surface area contributed by atoms with Gasteiger partial charge in [0.1, 0.15) is 12.4 Å². The van der Waals surface area contributed by atoms with Crippen molar-refractivity contribution in [2.75, 3.05) is 26.2 Å². The average molecular weight is 302 g/mol. The van der Waals surface area contributed by atoms with E-state index in [9.17, 15) is 4.79 Å². The number of nitrogens with one attached hydrogen (secondary N) is 2. The fraction of sp³-hybridized carbons (Fsp3) is 0.364. The zero-order valence-electron chi connectivity index (χ0n) is 9.41. The standard InChI is InChI=1S/C11H16BrN3O2/c12-9-2-1-3-10(8-9)17-7-6-14-4-5-15-11(13)16/h1-3,8,14H,4-7H2,(H3,13,15,16). The minimum atomic E-state index is -0.503. The molecule has 0 bridgehead atoms. The third-order valence-corrected chi connectivity index (χ3v) is 2.44. The Labute approximate surface area is 109 Å². The lowest BCUT2D eigenvalue weighted by Crippen LogP contribution is -2.36. The number of nitrogens with two attached hydrogens (primary N) is 1. The Morgan fingerprint density at radius 1 is 1.35 bits per heavy atom. The number of hydrogen-bond acceptors (Lipinski definition) is 3. The van der Waals surface area contributed by atoms with E-state index in [1.807, 2.05) is 24.3 Å². The van der Waals surface area contributed by atoms with E-state index in [2.05, 4.69) is 26.6 Å². The van der Waals surface area contributed by atoms with Crippen LogP contribution in [0.1, 0.15) is 0 Å². The first-order valence-corrected chi connectivity index (χ1v) is 6.10. The highest BCUT2D eigenvalue weighted by Gasteiger charge is 1.94. The predicted octanol–water partition coefficient (Wildman–Crippen LogP) is 1.09. The third kappa shape index (κ3) is 6.80. The van der Waals surface area contributed by atoms with Gasteiger partial charge in [-0.15, -0.1) is 0 Å². The quantitative estimate of drug-likeness (QED) is 0.660. The Balaban J connectivity index is 2.03. The van der Waals surface area contributed by atoms with Crippen molar-refractivity contribution in [2.45, 2.75) is 0 Å². The first kappa shape index (κ1) is 13.8. The molecule has 1 rings (SSSR count). The monoisotopic (exact) mass is 301 g/mol. The molecular formula is C11H16BrN3O2. The number of halogens is 1. The second kappa shape index (κ2) is 7.92. The molecule has 0 saturated heterocycles. The summed E-state index contributed by atoms with van der Waals surface area (Å²) in [5.74, 6) is 0.830. The lowest BCUT2D eigenvalue weighted by atomic mass is 10.3. The predicted molar refractivity (Wildman–Crippen MR) is 70.1 cm³/mol. The SMILES string of the molecule is NC(=O)NCCNCCOc1cccc(Br)c1. The molecule has 0 aliphatic rings. The van der Waals surface area contributed by atoms with Gasteiger partial charge in [0, 0.05) is 24.1 Å². The van der Waals surface area contributed by atoms with Gasteiger partial charge in [-0.2, -0.15) is 0 Å². The van der Waals surface area contributed by atoms with Crippen LogP contribution < -0.4 is 21.1 Å². The molecule has 94 valence electrons. The Morgan fingerprint density at radius 2 is 2.18 bits per heavy atom. The first-order chi connectivity index (χ1) is 8.18. The fourth-order valence-corrected chi connectivity index (χ4v) is 1.58. The van der Waals surface area contributed by atoms with Crippen molar-refractivity contribution in [1.29, 1.82) is 0 Å². The number of rotatable bonds is 7. The van der Waals surface area contributed by atoms with Gasteiger partial charge in [-0.3, -0.25) is 0 Å². The average Bonchev–Trinajstić information content (AvgIpc) is 2.27. The van der Waals surface area contributed by atoms with Crippen LogP contribution in [0.15, 0.2) is 28.7 Å². The van der Waals surface area contributed by atoms with Gasteiger partial charge in [-0.1, -0.05) is 22.0 Å². The van der Waals surface area contributed by atoms with Crippen molar-refractivity contribution in [3.8, 4) is 5.75 Å². The number of ether oxygens (including phenoxy) is 1. The molecule has 4 N–H and O–H groups in total. The van der Waals surface area contributed by atoms with E-state index in [1.165, 1.54) is 0 Å². The van der Waals surface area contributed by atoms with Crippen LogP contribution in [0.2, 0.25) is 0 Å². The summed E-state index contributed by atoms with van der Waals surface area (Å²) in [6.45, 7) is 2.48. The molecule has 0 saturated carbocycles. The van der Waals surface area contributed by atoms with Gasteiger partial charge in [0.05, 0.1) is 0 Å². The molecule has 0 radical (unpaired) electrons. The Kier molecular flexibility index (Phi) is 6.42. The third-order valence-electron chi connectivity index (χ3n) is 1.94. The van der Waals surface area contributed by atoms with E-state index in [1.54, 1.807) is 0 Å². The largest absolute Gasteiger partial charge is 0.492 e. The van der Waals surface area contributed by atoms with Crippen LogP contribution in [-0.2, 0) is 0 Å². The van der Waals surface area contributed by atoms with E-state index < -0.39 is 6.03 Å². The van der Waals surface area contributed by atoms with Crippen LogP contribution in [0.4, 0.5) is 4.79 Å². The van der Waals surface area contributed by atoms with Crippen molar-refractivity contribution in [1.82, 2.24) is 10.6 Å². The molecule has 0 aromatic heterocycles. The van der Waals surface area contributed by atoms with Crippen molar-refractivity contribution in [3.05, 3.63) is 28.7 Å². The molecular weight excluding hydrogens is 286 g/mol. The van der Waals surface area contributed by atoms with E-state index in [4.69, 9.17) is 10.5 Å². The van der Waals surface area contributed by atoms with E-state index >= 15 is 0 Å². The topological polar surface area (TPSA) is 76.4 Å². The Morgan fingerprint density at radius 3 is 2.88 bits per heavy atom.